The van der Waals surface area contributed by atoms with E-state index in [4.69, 9.17) is 4.74 Å². The van der Waals surface area contributed by atoms with Crippen molar-refractivity contribution in [1.82, 2.24) is 4.90 Å². The van der Waals surface area contributed by atoms with Crippen LogP contribution in [0.5, 0.6) is 5.75 Å². The van der Waals surface area contributed by atoms with E-state index < -0.39 is 0 Å². The van der Waals surface area contributed by atoms with Crippen LogP contribution >= 0.6 is 15.9 Å². The standard InChI is InChI=1S/C13H20BrNO/c1-3-15(10-4-9-14)11-12-5-7-13(16-2)8-6-12/h5-8H,3-4,9-11H2,1-2H3. The Balaban J connectivity index is 2.49. The van der Waals surface area contributed by atoms with Gasteiger partial charge in [-0.1, -0.05) is 35.0 Å². The number of alkyl halides is 1. The summed E-state index contributed by atoms with van der Waals surface area (Å²) in [5.74, 6) is 0.923. The zero-order chi connectivity index (χ0) is 11.8. The van der Waals surface area contributed by atoms with Crippen molar-refractivity contribution in [2.75, 3.05) is 25.5 Å². The first kappa shape index (κ1) is 13.5. The Morgan fingerprint density at radius 2 is 1.94 bits per heavy atom. The Kier molecular flexibility index (Phi) is 6.50. The molecule has 16 heavy (non-hydrogen) atoms. The molecule has 3 heteroatoms. The average molecular weight is 286 g/mol. The molecule has 0 N–H and O–H groups in total. The van der Waals surface area contributed by atoms with Crippen molar-refractivity contribution in [3.63, 3.8) is 0 Å². The molecule has 0 saturated heterocycles. The highest BCUT2D eigenvalue weighted by Crippen LogP contribution is 2.13. The maximum Gasteiger partial charge on any atom is 0.118 e. The number of ether oxygens (including phenoxy) is 1. The molecule has 1 rings (SSSR count). The zero-order valence-corrected chi connectivity index (χ0v) is 11.7. The average Bonchev–Trinajstić information content (AvgIpc) is 2.35. The molecule has 0 aliphatic rings. The van der Waals surface area contributed by atoms with E-state index in [2.05, 4.69) is 39.9 Å². The second-order valence-electron chi connectivity index (χ2n) is 3.76. The van der Waals surface area contributed by atoms with Gasteiger partial charge < -0.3 is 4.74 Å². The summed E-state index contributed by atoms with van der Waals surface area (Å²) in [7, 11) is 1.70. The first-order chi connectivity index (χ1) is 7.80. The van der Waals surface area contributed by atoms with Crippen LogP contribution in [-0.2, 0) is 6.54 Å². The Bertz CT molecular complexity index is 286. The van der Waals surface area contributed by atoms with Gasteiger partial charge in [0.05, 0.1) is 7.11 Å². The highest BCUT2D eigenvalue weighted by molar-refractivity contribution is 9.09. The van der Waals surface area contributed by atoms with Gasteiger partial charge in [-0.2, -0.15) is 0 Å². The largest absolute Gasteiger partial charge is 0.497 e. The van der Waals surface area contributed by atoms with Crippen LogP contribution in [0.4, 0.5) is 0 Å². The number of hydrogen-bond donors (Lipinski definition) is 0. The van der Waals surface area contributed by atoms with Gasteiger partial charge in [-0.15, -0.1) is 0 Å². The predicted molar refractivity (Wildman–Crippen MR) is 72.4 cm³/mol. The minimum Gasteiger partial charge on any atom is -0.497 e. The second kappa shape index (κ2) is 7.69. The molecule has 0 amide bonds. The van der Waals surface area contributed by atoms with Crippen LogP contribution < -0.4 is 4.74 Å². The molecule has 0 heterocycles. The topological polar surface area (TPSA) is 12.5 Å². The van der Waals surface area contributed by atoms with E-state index in [1.807, 2.05) is 12.1 Å². The number of methoxy groups -OCH3 is 1. The van der Waals surface area contributed by atoms with Crippen molar-refractivity contribution < 1.29 is 4.74 Å². The Hall–Kier alpha value is -0.540. The fraction of sp³-hybridized carbons (Fsp3) is 0.538. The summed E-state index contributed by atoms with van der Waals surface area (Å²) >= 11 is 3.47. The molecule has 0 radical (unpaired) electrons. The van der Waals surface area contributed by atoms with Gasteiger partial charge in [-0.3, -0.25) is 4.90 Å². The molecule has 0 fully saturated rings. The molecule has 1 aromatic rings. The molecule has 0 aliphatic carbocycles. The van der Waals surface area contributed by atoms with Crippen LogP contribution in [0.3, 0.4) is 0 Å². The molecule has 0 unspecified atom stereocenters. The lowest BCUT2D eigenvalue weighted by atomic mass is 10.2. The van der Waals surface area contributed by atoms with E-state index in [1.54, 1.807) is 7.11 Å². The van der Waals surface area contributed by atoms with E-state index >= 15 is 0 Å². The van der Waals surface area contributed by atoms with Crippen LogP contribution in [-0.4, -0.2) is 30.4 Å². The summed E-state index contributed by atoms with van der Waals surface area (Å²) in [5, 5.41) is 1.08. The zero-order valence-electron chi connectivity index (χ0n) is 10.1. The molecule has 0 aliphatic heterocycles. The second-order valence-corrected chi connectivity index (χ2v) is 4.55. The lowest BCUT2D eigenvalue weighted by Crippen LogP contribution is -2.24. The van der Waals surface area contributed by atoms with Crippen molar-refractivity contribution in [2.24, 2.45) is 0 Å². The molecule has 1 aromatic carbocycles. The van der Waals surface area contributed by atoms with Crippen molar-refractivity contribution >= 4 is 15.9 Å². The molecule has 90 valence electrons. The monoisotopic (exact) mass is 285 g/mol. The number of hydrogen-bond acceptors (Lipinski definition) is 2. The van der Waals surface area contributed by atoms with Gasteiger partial charge in [0.2, 0.25) is 0 Å². The molecule has 0 aromatic heterocycles. The highest BCUT2D eigenvalue weighted by Gasteiger charge is 2.03. The molecule has 0 atom stereocenters. The van der Waals surface area contributed by atoms with Crippen LogP contribution in [0.2, 0.25) is 0 Å². The summed E-state index contributed by atoms with van der Waals surface area (Å²) in [6.07, 6.45) is 1.20. The third-order valence-corrected chi connectivity index (χ3v) is 3.18. The van der Waals surface area contributed by atoms with Gasteiger partial charge in [0.1, 0.15) is 5.75 Å². The molecule has 0 saturated carbocycles. The van der Waals surface area contributed by atoms with Crippen LogP contribution in [0, 0.1) is 0 Å². The van der Waals surface area contributed by atoms with Crippen LogP contribution in [0.25, 0.3) is 0 Å². The fourth-order valence-corrected chi connectivity index (χ4v) is 1.87. The Morgan fingerprint density at radius 1 is 1.25 bits per heavy atom. The fourth-order valence-electron chi connectivity index (χ4n) is 1.62. The number of nitrogens with zero attached hydrogens (tertiary/aromatic N) is 1. The maximum absolute atomic E-state index is 5.15. The van der Waals surface area contributed by atoms with Crippen molar-refractivity contribution in [2.45, 2.75) is 19.9 Å². The van der Waals surface area contributed by atoms with E-state index in [0.717, 1.165) is 30.7 Å². The van der Waals surface area contributed by atoms with Gasteiger partial charge in [-0.05, 0) is 37.2 Å². The van der Waals surface area contributed by atoms with Crippen molar-refractivity contribution in [3.05, 3.63) is 29.8 Å². The van der Waals surface area contributed by atoms with Gasteiger partial charge >= 0.3 is 0 Å². The quantitative estimate of drug-likeness (QED) is 0.713. The summed E-state index contributed by atoms with van der Waals surface area (Å²) in [6, 6.07) is 8.31. The van der Waals surface area contributed by atoms with Crippen molar-refractivity contribution in [3.8, 4) is 5.75 Å². The number of rotatable bonds is 7. The van der Waals surface area contributed by atoms with Crippen molar-refractivity contribution in [1.29, 1.82) is 0 Å². The van der Waals surface area contributed by atoms with Crippen LogP contribution in [0.1, 0.15) is 18.9 Å². The minimum atomic E-state index is 0.923. The predicted octanol–water partition coefficient (Wildman–Crippen LogP) is 3.30. The first-order valence-electron chi connectivity index (χ1n) is 5.71. The van der Waals surface area contributed by atoms with Crippen LogP contribution in [0.15, 0.2) is 24.3 Å². The molecular weight excluding hydrogens is 266 g/mol. The van der Waals surface area contributed by atoms with Gasteiger partial charge in [0.15, 0.2) is 0 Å². The third kappa shape index (κ3) is 4.54. The normalized spacial score (nSPS) is 10.8. The van der Waals surface area contributed by atoms with E-state index in [-0.39, 0.29) is 0 Å². The molecular formula is C13H20BrNO. The lowest BCUT2D eigenvalue weighted by Gasteiger charge is -2.19. The Morgan fingerprint density at radius 3 is 2.44 bits per heavy atom. The lowest BCUT2D eigenvalue weighted by molar-refractivity contribution is 0.281. The first-order valence-corrected chi connectivity index (χ1v) is 6.83. The van der Waals surface area contributed by atoms with E-state index in [0.29, 0.717) is 0 Å². The maximum atomic E-state index is 5.15. The molecule has 0 spiro atoms. The molecule has 0 bridgehead atoms. The van der Waals surface area contributed by atoms with E-state index in [1.165, 1.54) is 12.0 Å². The highest BCUT2D eigenvalue weighted by atomic mass is 79.9. The SMILES string of the molecule is CCN(CCCBr)Cc1ccc(OC)cc1. The summed E-state index contributed by atoms with van der Waals surface area (Å²) in [5.41, 5.74) is 1.34. The van der Waals surface area contributed by atoms with Gasteiger partial charge in [0.25, 0.3) is 0 Å². The smallest absolute Gasteiger partial charge is 0.118 e. The number of halogens is 1. The van der Waals surface area contributed by atoms with Gasteiger partial charge in [0, 0.05) is 11.9 Å². The Labute approximate surface area is 107 Å². The summed E-state index contributed by atoms with van der Waals surface area (Å²) in [6.45, 7) is 5.47. The summed E-state index contributed by atoms with van der Waals surface area (Å²) < 4.78 is 5.15. The summed E-state index contributed by atoms with van der Waals surface area (Å²) in [4.78, 5) is 2.45. The minimum absolute atomic E-state index is 0.923. The third-order valence-electron chi connectivity index (χ3n) is 2.62. The number of benzene rings is 1. The van der Waals surface area contributed by atoms with Gasteiger partial charge in [-0.25, -0.2) is 0 Å². The molecule has 2 nitrogen and oxygen atoms in total. The van der Waals surface area contributed by atoms with E-state index in [9.17, 15) is 0 Å².